The van der Waals surface area contributed by atoms with Gasteiger partial charge in [0.05, 0.1) is 5.52 Å². The van der Waals surface area contributed by atoms with Gasteiger partial charge in [0.2, 0.25) is 0 Å². The van der Waals surface area contributed by atoms with Crippen LogP contribution in [-0.4, -0.2) is 63.4 Å². The molecule has 3 heterocycles. The third-order valence-corrected chi connectivity index (χ3v) is 7.49. The van der Waals surface area contributed by atoms with Gasteiger partial charge in [0, 0.05) is 41.8 Å². The van der Waals surface area contributed by atoms with E-state index in [4.69, 9.17) is 27.9 Å². The fraction of sp³-hybridized carbons (Fsp3) is 0.417. The molecule has 0 saturated carbocycles. The van der Waals surface area contributed by atoms with Crippen molar-refractivity contribution in [2.24, 2.45) is 5.41 Å². The summed E-state index contributed by atoms with van der Waals surface area (Å²) in [6.45, 7) is 2.89. The van der Waals surface area contributed by atoms with Crippen molar-refractivity contribution in [1.82, 2.24) is 25.2 Å². The van der Waals surface area contributed by atoms with Gasteiger partial charge in [0.1, 0.15) is 12.1 Å². The number of nitrogens with zero attached hydrogens (tertiary/aromatic N) is 4. The summed E-state index contributed by atoms with van der Waals surface area (Å²) in [5.74, 6) is 0.0295. The molecule has 0 aliphatic carbocycles. The average molecular weight is 502 g/mol. The van der Waals surface area contributed by atoms with Gasteiger partial charge >= 0.3 is 6.09 Å². The molecule has 2 saturated heterocycles. The van der Waals surface area contributed by atoms with Crippen LogP contribution in [0.2, 0.25) is 10.0 Å². The minimum Gasteiger partial charge on any atom is -0.445 e. The number of piperidine rings is 2. The van der Waals surface area contributed by atoms with Crippen LogP contribution >= 0.6 is 23.2 Å². The molecular formula is C24H25Cl2N5O3. The number of nitrogens with one attached hydrogen (secondary N) is 1. The summed E-state index contributed by atoms with van der Waals surface area (Å²) in [5, 5.41) is 11.6. The highest BCUT2D eigenvalue weighted by molar-refractivity contribution is 6.34. The van der Waals surface area contributed by atoms with E-state index in [1.54, 1.807) is 29.2 Å². The molecule has 2 aliphatic heterocycles. The Kier molecular flexibility index (Phi) is 6.36. The molecule has 2 amide bonds. The van der Waals surface area contributed by atoms with Crippen LogP contribution in [-0.2, 0) is 11.3 Å². The number of likely N-dealkylation sites (tertiary alicyclic amines) is 2. The third kappa shape index (κ3) is 4.83. The fourth-order valence-corrected chi connectivity index (χ4v) is 5.51. The van der Waals surface area contributed by atoms with Gasteiger partial charge in [0.15, 0.2) is 0 Å². The molecule has 3 aromatic rings. The smallest absolute Gasteiger partial charge is 0.410 e. The van der Waals surface area contributed by atoms with E-state index in [1.165, 1.54) is 0 Å². The van der Waals surface area contributed by atoms with E-state index in [0.29, 0.717) is 34.2 Å². The van der Waals surface area contributed by atoms with Gasteiger partial charge in [-0.1, -0.05) is 28.4 Å². The Labute approximate surface area is 207 Å². The molecule has 0 bridgehead atoms. The lowest BCUT2D eigenvalue weighted by molar-refractivity contribution is 0.0246. The Morgan fingerprint density at radius 2 is 1.59 bits per heavy atom. The Balaban J connectivity index is 1.11. The molecule has 2 aliphatic rings. The molecule has 1 N–H and O–H groups in total. The standard InChI is InChI=1S/C24H25Cl2N5O3/c25-18-11-16(12-19(26)14-18)15-34-23(33)31-9-5-24(6-10-31)3-7-30(8-4-24)22(32)17-1-2-20-21(13-17)28-29-27-20/h1-2,11-14H,3-10,15H2,(H,27,28,29). The van der Waals surface area contributed by atoms with Gasteiger partial charge in [-0.05, 0) is 73.1 Å². The number of rotatable bonds is 3. The van der Waals surface area contributed by atoms with Crippen LogP contribution in [0.25, 0.3) is 11.0 Å². The maximum Gasteiger partial charge on any atom is 0.410 e. The van der Waals surface area contributed by atoms with Crippen molar-refractivity contribution in [3.05, 3.63) is 57.6 Å². The van der Waals surface area contributed by atoms with E-state index in [9.17, 15) is 9.59 Å². The first-order chi connectivity index (χ1) is 16.4. The predicted octanol–water partition coefficient (Wildman–Crippen LogP) is 4.92. The maximum absolute atomic E-state index is 13.0. The number of aromatic amines is 1. The van der Waals surface area contributed by atoms with E-state index in [1.807, 2.05) is 17.0 Å². The third-order valence-electron chi connectivity index (χ3n) is 7.05. The minimum atomic E-state index is -0.318. The number of aromatic nitrogens is 3. The highest BCUT2D eigenvalue weighted by Gasteiger charge is 2.39. The minimum absolute atomic E-state index is 0.0295. The first-order valence-electron chi connectivity index (χ1n) is 11.4. The summed E-state index contributed by atoms with van der Waals surface area (Å²) in [6.07, 6.45) is 3.39. The highest BCUT2D eigenvalue weighted by atomic mass is 35.5. The van der Waals surface area contributed by atoms with Crippen LogP contribution in [0.4, 0.5) is 4.79 Å². The lowest BCUT2D eigenvalue weighted by Crippen LogP contribution is -2.49. The summed E-state index contributed by atoms with van der Waals surface area (Å²) >= 11 is 12.0. The van der Waals surface area contributed by atoms with Gasteiger partial charge in [-0.2, -0.15) is 0 Å². The zero-order valence-electron chi connectivity index (χ0n) is 18.6. The van der Waals surface area contributed by atoms with Crippen LogP contribution in [0.15, 0.2) is 36.4 Å². The van der Waals surface area contributed by atoms with Crippen LogP contribution < -0.4 is 0 Å². The molecule has 1 aromatic heterocycles. The van der Waals surface area contributed by atoms with Crippen molar-refractivity contribution in [3.8, 4) is 0 Å². The summed E-state index contributed by atoms with van der Waals surface area (Å²) in [5.41, 5.74) is 3.08. The van der Waals surface area contributed by atoms with E-state index < -0.39 is 0 Å². The monoisotopic (exact) mass is 501 g/mol. The van der Waals surface area contributed by atoms with Crippen molar-refractivity contribution in [2.45, 2.75) is 32.3 Å². The number of ether oxygens (including phenoxy) is 1. The molecule has 178 valence electrons. The van der Waals surface area contributed by atoms with Crippen LogP contribution in [0, 0.1) is 5.41 Å². The van der Waals surface area contributed by atoms with Gasteiger partial charge in [-0.25, -0.2) is 4.79 Å². The number of carbonyl (C=O) groups excluding carboxylic acids is 2. The second-order valence-corrected chi connectivity index (χ2v) is 10.0. The van der Waals surface area contributed by atoms with Crippen molar-refractivity contribution in [1.29, 1.82) is 0 Å². The number of benzene rings is 2. The van der Waals surface area contributed by atoms with Gasteiger partial charge in [-0.15, -0.1) is 5.10 Å². The molecule has 0 radical (unpaired) electrons. The van der Waals surface area contributed by atoms with E-state index in [-0.39, 0.29) is 24.0 Å². The molecule has 34 heavy (non-hydrogen) atoms. The number of carbonyl (C=O) groups is 2. The predicted molar refractivity (Wildman–Crippen MR) is 129 cm³/mol. The number of hydrogen-bond acceptors (Lipinski definition) is 5. The Hall–Kier alpha value is -2.84. The number of hydrogen-bond donors (Lipinski definition) is 1. The van der Waals surface area contributed by atoms with Crippen molar-refractivity contribution in [2.75, 3.05) is 26.2 Å². The van der Waals surface area contributed by atoms with E-state index in [0.717, 1.165) is 49.9 Å². The fourth-order valence-electron chi connectivity index (χ4n) is 4.94. The first-order valence-corrected chi connectivity index (χ1v) is 12.1. The summed E-state index contributed by atoms with van der Waals surface area (Å²) in [4.78, 5) is 29.2. The van der Waals surface area contributed by atoms with Crippen LogP contribution in [0.3, 0.4) is 0 Å². The second kappa shape index (κ2) is 9.43. The van der Waals surface area contributed by atoms with Crippen molar-refractivity contribution < 1.29 is 14.3 Å². The highest BCUT2D eigenvalue weighted by Crippen LogP contribution is 2.41. The number of halogens is 2. The zero-order valence-corrected chi connectivity index (χ0v) is 20.1. The van der Waals surface area contributed by atoms with Gasteiger partial charge < -0.3 is 14.5 Å². The van der Waals surface area contributed by atoms with Crippen LogP contribution in [0.5, 0.6) is 0 Å². The molecule has 8 nitrogen and oxygen atoms in total. The first kappa shape index (κ1) is 22.9. The maximum atomic E-state index is 13.0. The SMILES string of the molecule is O=C(OCc1cc(Cl)cc(Cl)c1)N1CCC2(CC1)CCN(C(=O)c1ccc3[nH]nnc3c1)CC2. The second-order valence-electron chi connectivity index (χ2n) is 9.16. The molecule has 2 aromatic carbocycles. The lowest BCUT2D eigenvalue weighted by atomic mass is 9.71. The number of amides is 2. The Bertz CT molecular complexity index is 1190. The molecule has 2 fully saturated rings. The van der Waals surface area contributed by atoms with Gasteiger partial charge in [-0.3, -0.25) is 9.89 Å². The molecule has 0 atom stereocenters. The summed E-state index contributed by atoms with van der Waals surface area (Å²) in [6, 6.07) is 10.6. The number of H-pyrrole nitrogens is 1. The molecular weight excluding hydrogens is 477 g/mol. The summed E-state index contributed by atoms with van der Waals surface area (Å²) in [7, 11) is 0. The quantitative estimate of drug-likeness (QED) is 0.549. The topological polar surface area (TPSA) is 91.4 Å². The average Bonchev–Trinajstić information content (AvgIpc) is 3.30. The Morgan fingerprint density at radius 1 is 0.941 bits per heavy atom. The van der Waals surface area contributed by atoms with Gasteiger partial charge in [0.25, 0.3) is 5.91 Å². The van der Waals surface area contributed by atoms with E-state index in [2.05, 4.69) is 15.4 Å². The van der Waals surface area contributed by atoms with E-state index >= 15 is 0 Å². The Morgan fingerprint density at radius 3 is 2.26 bits per heavy atom. The molecule has 0 unspecified atom stereocenters. The largest absolute Gasteiger partial charge is 0.445 e. The molecule has 10 heteroatoms. The molecule has 1 spiro atoms. The number of fused-ring (bicyclic) bond motifs is 1. The normalized spacial score (nSPS) is 17.8. The van der Waals surface area contributed by atoms with Crippen LogP contribution in [0.1, 0.15) is 41.6 Å². The molecule has 5 rings (SSSR count). The summed E-state index contributed by atoms with van der Waals surface area (Å²) < 4.78 is 5.48. The lowest BCUT2D eigenvalue weighted by Gasteiger charge is -2.46. The zero-order chi connectivity index (χ0) is 23.7. The van der Waals surface area contributed by atoms with Crippen molar-refractivity contribution in [3.63, 3.8) is 0 Å². The van der Waals surface area contributed by atoms with Crippen molar-refractivity contribution >= 4 is 46.2 Å².